The topological polar surface area (TPSA) is 32.6 Å². The number of benzene rings is 4. The number of aryl methyl sites for hydroxylation is 1. The average molecular weight is 656 g/mol. The van der Waals surface area contributed by atoms with Crippen LogP contribution in [0.2, 0.25) is 0 Å². The summed E-state index contributed by atoms with van der Waals surface area (Å²) in [5.74, 6) is 1.03. The van der Waals surface area contributed by atoms with Gasteiger partial charge in [-0.2, -0.15) is 0 Å². The summed E-state index contributed by atoms with van der Waals surface area (Å²) >= 11 is 0. The van der Waals surface area contributed by atoms with E-state index in [9.17, 15) is 5.11 Å². The van der Waals surface area contributed by atoms with Gasteiger partial charge in [0.1, 0.15) is 5.75 Å². The van der Waals surface area contributed by atoms with Crippen molar-refractivity contribution in [2.24, 2.45) is 10.9 Å². The van der Waals surface area contributed by atoms with Crippen molar-refractivity contribution < 1.29 is 5.11 Å². The minimum absolute atomic E-state index is 0.150. The summed E-state index contributed by atoms with van der Waals surface area (Å²) in [6.45, 7) is 8.98. The van der Waals surface area contributed by atoms with Gasteiger partial charge in [0.2, 0.25) is 0 Å². The third kappa shape index (κ3) is 6.31. The van der Waals surface area contributed by atoms with Crippen LogP contribution >= 0.6 is 7.92 Å². The van der Waals surface area contributed by atoms with Gasteiger partial charge in [0.25, 0.3) is 0 Å². The second-order valence-electron chi connectivity index (χ2n) is 15.9. The van der Waals surface area contributed by atoms with Crippen molar-refractivity contribution in [3.8, 4) is 28.0 Å². The Labute approximate surface area is 290 Å². The SMILES string of the molecule is Cc1cc(C(C)(C)C)c(O)c(C2(C3CCCCC3)CCP(C3CCCCC3)C2=Nc2c(-c3ccccc3)cccc2-c2ccccc2)c1. The van der Waals surface area contributed by atoms with Gasteiger partial charge in [0.05, 0.1) is 11.1 Å². The van der Waals surface area contributed by atoms with Gasteiger partial charge >= 0.3 is 0 Å². The molecular weight excluding hydrogens is 601 g/mol. The lowest BCUT2D eigenvalue weighted by Crippen LogP contribution is -2.41. The molecule has 250 valence electrons. The second-order valence-corrected chi connectivity index (χ2v) is 18.4. The number of aromatic hydroxyl groups is 1. The molecule has 1 heterocycles. The van der Waals surface area contributed by atoms with E-state index in [1.54, 1.807) is 0 Å². The molecule has 2 aliphatic carbocycles. The number of phenolic OH excluding ortho intramolecular Hbond substituents is 1. The van der Waals surface area contributed by atoms with Crippen LogP contribution < -0.4 is 0 Å². The normalized spacial score (nSPS) is 23.5. The van der Waals surface area contributed by atoms with Crippen molar-refractivity contribution in [1.82, 2.24) is 0 Å². The van der Waals surface area contributed by atoms with Crippen molar-refractivity contribution in [3.05, 3.63) is 108 Å². The Bertz CT molecular complexity index is 1680. The van der Waals surface area contributed by atoms with Crippen LogP contribution in [-0.2, 0) is 10.8 Å². The Hall–Kier alpha value is -3.22. The fourth-order valence-corrected chi connectivity index (χ4v) is 13.0. The molecule has 1 aliphatic heterocycles. The smallest absolute Gasteiger partial charge is 0.123 e. The zero-order valence-electron chi connectivity index (χ0n) is 29.6. The number of aliphatic imine (C=N–C) groups is 1. The van der Waals surface area contributed by atoms with Gasteiger partial charge in [-0.05, 0) is 78.9 Å². The molecule has 1 saturated heterocycles. The molecule has 4 aromatic carbocycles. The van der Waals surface area contributed by atoms with Crippen LogP contribution in [0.3, 0.4) is 0 Å². The Morgan fingerprint density at radius 1 is 0.708 bits per heavy atom. The summed E-state index contributed by atoms with van der Waals surface area (Å²) in [6.07, 6.45) is 15.3. The average Bonchev–Trinajstić information content (AvgIpc) is 3.49. The summed E-state index contributed by atoms with van der Waals surface area (Å²) in [7, 11) is -0.470. The van der Waals surface area contributed by atoms with Crippen LogP contribution in [0, 0.1) is 12.8 Å². The van der Waals surface area contributed by atoms with Crippen LogP contribution in [0.15, 0.2) is 96.0 Å². The van der Waals surface area contributed by atoms with E-state index in [1.165, 1.54) is 109 Å². The molecule has 4 aromatic rings. The van der Waals surface area contributed by atoms with E-state index in [0.29, 0.717) is 11.7 Å². The fraction of sp³-hybridized carbons (Fsp3) is 0.444. The molecule has 1 N–H and O–H groups in total. The summed E-state index contributed by atoms with van der Waals surface area (Å²) in [5.41, 5.74) is 11.2. The summed E-state index contributed by atoms with van der Waals surface area (Å²) < 4.78 is 0. The molecule has 0 bridgehead atoms. The van der Waals surface area contributed by atoms with Crippen molar-refractivity contribution >= 4 is 19.1 Å². The first kappa shape index (κ1) is 33.3. The Morgan fingerprint density at radius 2 is 1.27 bits per heavy atom. The summed E-state index contributed by atoms with van der Waals surface area (Å²) in [5, 5.41) is 12.5. The Morgan fingerprint density at radius 3 is 1.83 bits per heavy atom. The van der Waals surface area contributed by atoms with Gasteiger partial charge in [0, 0.05) is 22.1 Å². The van der Waals surface area contributed by atoms with E-state index in [-0.39, 0.29) is 10.8 Å². The number of hydrogen-bond donors (Lipinski definition) is 1. The van der Waals surface area contributed by atoms with E-state index in [2.05, 4.69) is 119 Å². The van der Waals surface area contributed by atoms with Crippen molar-refractivity contribution in [3.63, 3.8) is 0 Å². The lowest BCUT2D eigenvalue weighted by atomic mass is 9.63. The van der Waals surface area contributed by atoms with Crippen molar-refractivity contribution in [1.29, 1.82) is 0 Å². The van der Waals surface area contributed by atoms with E-state index in [0.717, 1.165) is 23.3 Å². The van der Waals surface area contributed by atoms with Gasteiger partial charge in [-0.25, -0.2) is 0 Å². The van der Waals surface area contributed by atoms with Gasteiger partial charge in [-0.15, -0.1) is 0 Å². The maximum absolute atomic E-state index is 12.5. The largest absolute Gasteiger partial charge is 0.507 e. The highest BCUT2D eigenvalue weighted by Gasteiger charge is 2.54. The first-order valence-electron chi connectivity index (χ1n) is 18.7. The van der Waals surface area contributed by atoms with Gasteiger partial charge in [-0.1, -0.05) is 164 Å². The molecule has 2 unspecified atom stereocenters. The van der Waals surface area contributed by atoms with E-state index < -0.39 is 7.92 Å². The molecular formula is C45H54NOP. The molecule has 3 fully saturated rings. The number of nitrogens with zero attached hydrogens (tertiary/aromatic N) is 1. The summed E-state index contributed by atoms with van der Waals surface area (Å²) in [6, 6.07) is 33.2. The molecule has 3 aliphatic rings. The first-order chi connectivity index (χ1) is 23.3. The van der Waals surface area contributed by atoms with Crippen LogP contribution in [0.1, 0.15) is 108 Å². The molecule has 0 spiro atoms. The molecule has 0 radical (unpaired) electrons. The third-order valence-corrected chi connectivity index (χ3v) is 14.8. The van der Waals surface area contributed by atoms with Gasteiger partial charge in [-0.3, -0.25) is 4.99 Å². The van der Waals surface area contributed by atoms with Crippen molar-refractivity contribution in [2.45, 2.75) is 115 Å². The van der Waals surface area contributed by atoms with E-state index >= 15 is 0 Å². The standard InChI is InChI=1S/C45H54NOP/c1-32-30-39(44(2,3)4)42(47)40(31-32)45(35-22-13-7-14-23-35)28-29-48(36-24-15-8-16-25-36)43(45)46-41-37(33-18-9-5-10-19-33)26-17-27-38(41)34-20-11-6-12-21-34/h5-6,9-12,17-21,26-27,30-31,35-36,47H,7-8,13-16,22-25,28-29H2,1-4H3. The molecule has 0 amide bonds. The van der Waals surface area contributed by atoms with Gasteiger partial charge in [0.15, 0.2) is 0 Å². The van der Waals surface area contributed by atoms with Crippen LogP contribution in [0.5, 0.6) is 5.75 Å². The Kier molecular flexibility index (Phi) is 9.68. The van der Waals surface area contributed by atoms with Crippen LogP contribution in [0.25, 0.3) is 22.3 Å². The van der Waals surface area contributed by atoms with Crippen LogP contribution in [-0.4, -0.2) is 22.4 Å². The predicted octanol–water partition coefficient (Wildman–Crippen LogP) is 13.1. The zero-order valence-corrected chi connectivity index (χ0v) is 30.5. The molecule has 2 saturated carbocycles. The Balaban J connectivity index is 1.55. The molecule has 48 heavy (non-hydrogen) atoms. The quantitative estimate of drug-likeness (QED) is 0.206. The minimum Gasteiger partial charge on any atom is -0.507 e. The third-order valence-electron chi connectivity index (χ3n) is 11.7. The number of para-hydroxylation sites is 1. The van der Waals surface area contributed by atoms with Crippen molar-refractivity contribution in [2.75, 3.05) is 6.16 Å². The highest BCUT2D eigenvalue weighted by Crippen LogP contribution is 2.66. The maximum atomic E-state index is 12.5. The molecule has 2 nitrogen and oxygen atoms in total. The molecule has 2 atom stereocenters. The summed E-state index contributed by atoms with van der Waals surface area (Å²) in [4.78, 5) is 6.17. The van der Waals surface area contributed by atoms with E-state index in [1.807, 2.05) is 0 Å². The predicted molar refractivity (Wildman–Crippen MR) is 207 cm³/mol. The highest BCUT2D eigenvalue weighted by molar-refractivity contribution is 7.76. The molecule has 3 heteroatoms. The minimum atomic E-state index is -0.470. The fourth-order valence-electron chi connectivity index (χ4n) is 9.30. The first-order valence-corrected chi connectivity index (χ1v) is 20.3. The number of rotatable bonds is 6. The van der Waals surface area contributed by atoms with E-state index in [4.69, 9.17) is 4.99 Å². The lowest BCUT2D eigenvalue weighted by Gasteiger charge is -2.43. The monoisotopic (exact) mass is 655 g/mol. The number of phenols is 1. The van der Waals surface area contributed by atoms with Gasteiger partial charge < -0.3 is 5.11 Å². The lowest BCUT2D eigenvalue weighted by molar-refractivity contribution is 0.256. The number of hydrogen-bond acceptors (Lipinski definition) is 2. The molecule has 7 rings (SSSR count). The second kappa shape index (κ2) is 14.0. The highest BCUT2D eigenvalue weighted by atomic mass is 31.1. The maximum Gasteiger partial charge on any atom is 0.123 e. The molecule has 0 aromatic heterocycles. The van der Waals surface area contributed by atoms with Crippen LogP contribution in [0.4, 0.5) is 5.69 Å². The zero-order chi connectivity index (χ0) is 33.3.